The summed E-state index contributed by atoms with van der Waals surface area (Å²) in [6, 6.07) is 9.10. The number of carbonyl (C=O) groups is 2. The summed E-state index contributed by atoms with van der Waals surface area (Å²) in [5.74, 6) is 0.221. The number of amides is 2. The maximum atomic E-state index is 13.4. The van der Waals surface area contributed by atoms with E-state index in [4.69, 9.17) is 4.74 Å². The molecule has 0 bridgehead atoms. The van der Waals surface area contributed by atoms with Crippen molar-refractivity contribution in [2.24, 2.45) is 0 Å². The van der Waals surface area contributed by atoms with Crippen LogP contribution in [0.5, 0.6) is 5.75 Å². The number of carbonyl (C=O) groups excluding carboxylic acids is 2. The Morgan fingerprint density at radius 1 is 1.19 bits per heavy atom. The molecule has 3 heterocycles. The summed E-state index contributed by atoms with van der Waals surface area (Å²) in [4.78, 5) is 36.4. The lowest BCUT2D eigenvalue weighted by Gasteiger charge is -2.34. The van der Waals surface area contributed by atoms with Gasteiger partial charge in [-0.25, -0.2) is 9.50 Å². The van der Waals surface area contributed by atoms with E-state index in [9.17, 15) is 9.59 Å². The first-order valence-corrected chi connectivity index (χ1v) is 10.5. The van der Waals surface area contributed by atoms with E-state index >= 15 is 0 Å². The number of nitrogens with zero attached hydrogens (tertiary/aromatic N) is 5. The number of para-hydroxylation sites is 2. The minimum atomic E-state index is -0.821. The van der Waals surface area contributed by atoms with Crippen molar-refractivity contribution in [1.82, 2.24) is 24.9 Å². The van der Waals surface area contributed by atoms with Crippen molar-refractivity contribution in [3.63, 3.8) is 0 Å². The summed E-state index contributed by atoms with van der Waals surface area (Å²) in [5, 5.41) is 7.36. The highest BCUT2D eigenvalue weighted by Crippen LogP contribution is 2.34. The molecule has 3 aromatic rings. The SMILES string of the molecule is CCC(CC)NC(=O)C1CN(C(=O)c2nc3nc(C)cc(C)n3n2)c2ccccc2O1. The maximum absolute atomic E-state index is 13.4. The average Bonchev–Trinajstić information content (AvgIpc) is 3.20. The molecule has 31 heavy (non-hydrogen) atoms. The molecule has 1 aliphatic rings. The van der Waals surface area contributed by atoms with E-state index in [-0.39, 0.29) is 24.3 Å². The number of anilines is 1. The second-order valence-electron chi connectivity index (χ2n) is 7.70. The first-order valence-electron chi connectivity index (χ1n) is 10.5. The molecule has 9 heteroatoms. The summed E-state index contributed by atoms with van der Waals surface area (Å²) in [5.41, 5.74) is 2.21. The largest absolute Gasteiger partial charge is 0.477 e. The van der Waals surface area contributed by atoms with E-state index in [1.165, 1.54) is 4.90 Å². The first kappa shape index (κ1) is 20.8. The number of nitrogens with one attached hydrogen (secondary N) is 1. The number of ether oxygens (including phenoxy) is 1. The van der Waals surface area contributed by atoms with Crippen molar-refractivity contribution in [2.75, 3.05) is 11.4 Å². The molecule has 9 nitrogen and oxygen atoms in total. The van der Waals surface area contributed by atoms with Crippen molar-refractivity contribution in [3.8, 4) is 5.75 Å². The van der Waals surface area contributed by atoms with Gasteiger partial charge in [-0.2, -0.15) is 4.98 Å². The monoisotopic (exact) mass is 422 g/mol. The number of fused-ring (bicyclic) bond motifs is 2. The molecular formula is C22H26N6O3. The predicted molar refractivity (Wildman–Crippen MR) is 115 cm³/mol. The molecular weight excluding hydrogens is 396 g/mol. The van der Waals surface area contributed by atoms with Gasteiger partial charge in [-0.3, -0.25) is 14.5 Å². The third kappa shape index (κ3) is 3.95. The summed E-state index contributed by atoms with van der Waals surface area (Å²) in [6.45, 7) is 7.86. The Kier molecular flexibility index (Phi) is 5.58. The predicted octanol–water partition coefficient (Wildman–Crippen LogP) is 2.45. The molecule has 0 aliphatic carbocycles. The van der Waals surface area contributed by atoms with Gasteiger partial charge in [0.25, 0.3) is 17.6 Å². The van der Waals surface area contributed by atoms with E-state index in [1.54, 1.807) is 16.6 Å². The highest BCUT2D eigenvalue weighted by molar-refractivity contribution is 6.05. The summed E-state index contributed by atoms with van der Waals surface area (Å²) in [7, 11) is 0. The Hall–Kier alpha value is -3.49. The topological polar surface area (TPSA) is 102 Å². The Morgan fingerprint density at radius 3 is 2.68 bits per heavy atom. The summed E-state index contributed by atoms with van der Waals surface area (Å²) < 4.78 is 7.47. The molecule has 1 N–H and O–H groups in total. The van der Waals surface area contributed by atoms with Gasteiger partial charge < -0.3 is 10.1 Å². The fourth-order valence-corrected chi connectivity index (χ4v) is 3.73. The molecule has 0 fully saturated rings. The molecule has 1 aliphatic heterocycles. The van der Waals surface area contributed by atoms with Gasteiger partial charge in [0, 0.05) is 17.4 Å². The molecule has 0 radical (unpaired) electrons. The molecule has 162 valence electrons. The number of hydrogen-bond acceptors (Lipinski definition) is 6. The van der Waals surface area contributed by atoms with Gasteiger partial charge >= 0.3 is 0 Å². The van der Waals surface area contributed by atoms with Crippen LogP contribution in [0, 0.1) is 13.8 Å². The van der Waals surface area contributed by atoms with Crippen LogP contribution in [0.4, 0.5) is 5.69 Å². The van der Waals surface area contributed by atoms with Gasteiger partial charge in [0.1, 0.15) is 5.75 Å². The molecule has 2 aromatic heterocycles. The van der Waals surface area contributed by atoms with Gasteiger partial charge in [-0.05, 0) is 44.9 Å². The van der Waals surface area contributed by atoms with E-state index in [1.807, 2.05) is 45.9 Å². The third-order valence-corrected chi connectivity index (χ3v) is 5.45. The Morgan fingerprint density at radius 2 is 1.94 bits per heavy atom. The van der Waals surface area contributed by atoms with Gasteiger partial charge in [0.05, 0.1) is 12.2 Å². The van der Waals surface area contributed by atoms with Crippen molar-refractivity contribution in [2.45, 2.75) is 52.7 Å². The average molecular weight is 422 g/mol. The van der Waals surface area contributed by atoms with Crippen LogP contribution >= 0.6 is 0 Å². The van der Waals surface area contributed by atoms with Crippen LogP contribution in [0.1, 0.15) is 48.7 Å². The summed E-state index contributed by atoms with van der Waals surface area (Å²) in [6.07, 6.45) is 0.828. The fraction of sp³-hybridized carbons (Fsp3) is 0.409. The van der Waals surface area contributed by atoms with Crippen LogP contribution < -0.4 is 15.0 Å². The van der Waals surface area contributed by atoms with E-state index in [0.29, 0.717) is 17.2 Å². The first-order chi connectivity index (χ1) is 14.9. The zero-order valence-electron chi connectivity index (χ0n) is 18.1. The lowest BCUT2D eigenvalue weighted by molar-refractivity contribution is -0.128. The fourth-order valence-electron chi connectivity index (χ4n) is 3.73. The number of aromatic nitrogens is 4. The molecule has 1 aromatic carbocycles. The number of benzene rings is 1. The second-order valence-corrected chi connectivity index (χ2v) is 7.70. The van der Waals surface area contributed by atoms with Crippen molar-refractivity contribution in [3.05, 3.63) is 47.5 Å². The lowest BCUT2D eigenvalue weighted by atomic mass is 10.1. The van der Waals surface area contributed by atoms with E-state index in [2.05, 4.69) is 20.4 Å². The van der Waals surface area contributed by atoms with Gasteiger partial charge in [0.15, 0.2) is 6.10 Å². The zero-order valence-corrected chi connectivity index (χ0v) is 18.1. The highest BCUT2D eigenvalue weighted by Gasteiger charge is 2.36. The van der Waals surface area contributed by atoms with Crippen LogP contribution in [0.25, 0.3) is 5.78 Å². The molecule has 4 rings (SSSR count). The molecule has 2 amide bonds. The van der Waals surface area contributed by atoms with Crippen molar-refractivity contribution < 1.29 is 14.3 Å². The maximum Gasteiger partial charge on any atom is 0.298 e. The van der Waals surface area contributed by atoms with Crippen molar-refractivity contribution in [1.29, 1.82) is 0 Å². The van der Waals surface area contributed by atoms with Crippen LogP contribution in [-0.2, 0) is 4.79 Å². The van der Waals surface area contributed by atoms with Crippen LogP contribution in [-0.4, -0.2) is 50.1 Å². The standard InChI is InChI=1S/C22H26N6O3/c1-5-15(6-2)24-20(29)18-12-27(16-9-7-8-10-17(16)31-18)21(30)19-25-22-23-13(3)11-14(4)28(22)26-19/h7-11,15,18H,5-6,12H2,1-4H3,(H,24,29). The minimum absolute atomic E-state index is 0.0251. The van der Waals surface area contributed by atoms with Crippen molar-refractivity contribution >= 4 is 23.3 Å². The number of hydrogen-bond donors (Lipinski definition) is 1. The van der Waals surface area contributed by atoms with Crippen LogP contribution in [0.15, 0.2) is 30.3 Å². The van der Waals surface area contributed by atoms with Crippen LogP contribution in [0.2, 0.25) is 0 Å². The van der Waals surface area contributed by atoms with Crippen LogP contribution in [0.3, 0.4) is 0 Å². The molecule has 1 unspecified atom stereocenters. The molecule has 0 spiro atoms. The smallest absolute Gasteiger partial charge is 0.298 e. The highest BCUT2D eigenvalue weighted by atomic mass is 16.5. The molecule has 0 saturated carbocycles. The molecule has 1 atom stereocenters. The van der Waals surface area contributed by atoms with Gasteiger partial charge in [-0.1, -0.05) is 26.0 Å². The minimum Gasteiger partial charge on any atom is -0.477 e. The van der Waals surface area contributed by atoms with E-state index < -0.39 is 12.0 Å². The third-order valence-electron chi connectivity index (χ3n) is 5.45. The van der Waals surface area contributed by atoms with Gasteiger partial charge in [0.2, 0.25) is 5.82 Å². The Bertz CT molecular complexity index is 1140. The second kappa shape index (κ2) is 8.33. The number of rotatable bonds is 5. The molecule has 0 saturated heterocycles. The Labute approximate surface area is 180 Å². The lowest BCUT2D eigenvalue weighted by Crippen LogP contribution is -2.52. The zero-order chi connectivity index (χ0) is 22.1. The Balaban J connectivity index is 1.67. The van der Waals surface area contributed by atoms with Gasteiger partial charge in [-0.15, -0.1) is 5.10 Å². The van der Waals surface area contributed by atoms with E-state index in [0.717, 1.165) is 24.2 Å². The summed E-state index contributed by atoms with van der Waals surface area (Å²) >= 11 is 0. The quantitative estimate of drug-likeness (QED) is 0.678. The normalized spacial score (nSPS) is 15.6. The number of aryl methyl sites for hydroxylation is 2.